The summed E-state index contributed by atoms with van der Waals surface area (Å²) in [6.07, 6.45) is 0.0189. The van der Waals surface area contributed by atoms with Crippen molar-refractivity contribution in [3.05, 3.63) is 0 Å². The van der Waals surface area contributed by atoms with Crippen LogP contribution in [0.1, 0.15) is 41.5 Å². The zero-order valence-corrected chi connectivity index (χ0v) is 19.1. The van der Waals surface area contributed by atoms with E-state index in [2.05, 4.69) is 0 Å². The van der Waals surface area contributed by atoms with E-state index in [4.69, 9.17) is 38.6 Å². The van der Waals surface area contributed by atoms with E-state index in [-0.39, 0.29) is 49.8 Å². The highest BCUT2D eigenvalue weighted by Crippen LogP contribution is 1.99. The van der Waals surface area contributed by atoms with E-state index in [1.165, 1.54) is 0 Å². The van der Waals surface area contributed by atoms with Crippen molar-refractivity contribution in [2.24, 2.45) is 0 Å². The summed E-state index contributed by atoms with van der Waals surface area (Å²) in [6.45, 7) is 13.6. The van der Waals surface area contributed by atoms with Crippen LogP contribution in [0.25, 0.3) is 0 Å². The quantitative estimate of drug-likeness (QED) is 0.395. The Morgan fingerprint density at radius 3 is 0.964 bits per heavy atom. The molecule has 0 fully saturated rings. The first-order chi connectivity index (χ1) is 13.2. The van der Waals surface area contributed by atoms with Gasteiger partial charge in [-0.2, -0.15) is 0 Å². The van der Waals surface area contributed by atoms with Crippen LogP contribution in [-0.2, 0) is 28.4 Å². The highest BCUT2D eigenvalue weighted by molar-refractivity contribution is 4.54. The van der Waals surface area contributed by atoms with Crippen molar-refractivity contribution in [3.8, 4) is 0 Å². The molecule has 0 aromatic carbocycles. The molecule has 8 heteroatoms. The summed E-state index contributed by atoms with van der Waals surface area (Å²) in [5.41, 5.74) is 0. The highest BCUT2D eigenvalue weighted by atomic mass is 16.6. The molecule has 0 aromatic heterocycles. The maximum absolute atomic E-state index is 8.72. The largest absolute Gasteiger partial charge is 0.394 e. The Bertz CT molecular complexity index is 261. The number of hydrogen-bond acceptors (Lipinski definition) is 8. The minimum Gasteiger partial charge on any atom is -0.394 e. The number of hydrogen-bond donors (Lipinski definition) is 2. The maximum atomic E-state index is 8.72. The molecule has 0 saturated carbocycles. The molecule has 0 aliphatic carbocycles. The molecular weight excluding hydrogens is 368 g/mol. The molecule has 2 N–H and O–H groups in total. The molecule has 0 aromatic rings. The van der Waals surface area contributed by atoms with Crippen LogP contribution in [0.3, 0.4) is 0 Å². The number of aliphatic hydroxyl groups excluding tert-OH is 2. The zero-order valence-electron chi connectivity index (χ0n) is 19.1. The minimum absolute atomic E-state index is 0.0293. The summed E-state index contributed by atoms with van der Waals surface area (Å²) < 4.78 is 31.6. The zero-order chi connectivity index (χ0) is 21.9. The predicted molar refractivity (Wildman–Crippen MR) is 109 cm³/mol. The van der Waals surface area contributed by atoms with Gasteiger partial charge in [0.25, 0.3) is 0 Å². The summed E-state index contributed by atoms with van der Waals surface area (Å²) in [6, 6.07) is 0. The first-order valence-corrected chi connectivity index (χ1v) is 9.93. The molecule has 0 heterocycles. The SMILES string of the molecule is COC(C)COC(C)COC(C)CO.COC(C)COC(C)COC(C)CO. The molecular formula is C20H44O8. The monoisotopic (exact) mass is 412 g/mol. The smallest absolute Gasteiger partial charge is 0.0781 e. The van der Waals surface area contributed by atoms with Crippen molar-refractivity contribution in [2.45, 2.75) is 78.2 Å². The summed E-state index contributed by atoms with van der Waals surface area (Å²) in [5, 5.41) is 17.4. The van der Waals surface area contributed by atoms with Gasteiger partial charge in [-0.05, 0) is 41.5 Å². The van der Waals surface area contributed by atoms with Crippen LogP contribution in [0.5, 0.6) is 0 Å². The van der Waals surface area contributed by atoms with Gasteiger partial charge in [0, 0.05) is 14.2 Å². The van der Waals surface area contributed by atoms with Crippen LogP contribution in [0.2, 0.25) is 0 Å². The molecule has 0 radical (unpaired) electrons. The third-order valence-electron chi connectivity index (χ3n) is 3.78. The van der Waals surface area contributed by atoms with Crippen molar-refractivity contribution >= 4 is 0 Å². The predicted octanol–water partition coefficient (Wildman–Crippen LogP) is 1.65. The van der Waals surface area contributed by atoms with Crippen LogP contribution < -0.4 is 0 Å². The lowest BCUT2D eigenvalue weighted by Crippen LogP contribution is -2.25. The van der Waals surface area contributed by atoms with Crippen LogP contribution in [0, 0.1) is 0 Å². The van der Waals surface area contributed by atoms with Gasteiger partial charge in [0.05, 0.1) is 76.3 Å². The fourth-order valence-corrected chi connectivity index (χ4v) is 1.54. The summed E-state index contributed by atoms with van der Waals surface area (Å²) in [5.74, 6) is 0. The minimum atomic E-state index is -0.124. The fourth-order valence-electron chi connectivity index (χ4n) is 1.54. The molecule has 0 saturated heterocycles. The van der Waals surface area contributed by atoms with Gasteiger partial charge in [-0.1, -0.05) is 0 Å². The number of methoxy groups -OCH3 is 2. The van der Waals surface area contributed by atoms with E-state index in [0.717, 1.165) is 0 Å². The van der Waals surface area contributed by atoms with Gasteiger partial charge in [0.1, 0.15) is 0 Å². The Balaban J connectivity index is 0. The summed E-state index contributed by atoms with van der Waals surface area (Å²) in [7, 11) is 3.31. The van der Waals surface area contributed by atoms with E-state index < -0.39 is 0 Å². The van der Waals surface area contributed by atoms with Crippen LogP contribution in [0.15, 0.2) is 0 Å². The molecule has 8 nitrogen and oxygen atoms in total. The summed E-state index contributed by atoms with van der Waals surface area (Å²) in [4.78, 5) is 0. The Morgan fingerprint density at radius 2 is 0.714 bits per heavy atom. The van der Waals surface area contributed by atoms with Crippen molar-refractivity contribution in [3.63, 3.8) is 0 Å². The molecule has 28 heavy (non-hydrogen) atoms. The van der Waals surface area contributed by atoms with Gasteiger partial charge in [0.15, 0.2) is 0 Å². The van der Waals surface area contributed by atoms with E-state index in [9.17, 15) is 0 Å². The molecule has 6 unspecified atom stereocenters. The Hall–Kier alpha value is -0.320. The van der Waals surface area contributed by atoms with E-state index in [1.807, 2.05) is 41.5 Å². The van der Waals surface area contributed by atoms with Crippen molar-refractivity contribution in [1.82, 2.24) is 0 Å². The van der Waals surface area contributed by atoms with Crippen LogP contribution in [-0.4, -0.2) is 101 Å². The molecule has 0 aliphatic heterocycles. The topological polar surface area (TPSA) is 95.8 Å². The molecule has 0 bridgehead atoms. The Kier molecular flexibility index (Phi) is 21.3. The van der Waals surface area contributed by atoms with Gasteiger partial charge in [-0.25, -0.2) is 0 Å². The number of ether oxygens (including phenoxy) is 6. The number of rotatable bonds is 16. The second-order valence-corrected chi connectivity index (χ2v) is 7.03. The lowest BCUT2D eigenvalue weighted by Gasteiger charge is -2.18. The number of aliphatic hydroxyl groups is 2. The normalized spacial score (nSPS) is 17.8. The lowest BCUT2D eigenvalue weighted by molar-refractivity contribution is -0.0677. The molecule has 0 spiro atoms. The van der Waals surface area contributed by atoms with Crippen molar-refractivity contribution < 1.29 is 38.6 Å². The first kappa shape index (κ1) is 29.9. The average molecular weight is 413 g/mol. The van der Waals surface area contributed by atoms with Crippen LogP contribution >= 0.6 is 0 Å². The highest BCUT2D eigenvalue weighted by Gasteiger charge is 2.09. The molecule has 0 aliphatic rings. The molecule has 6 atom stereocenters. The first-order valence-electron chi connectivity index (χ1n) is 9.93. The van der Waals surface area contributed by atoms with Gasteiger partial charge in [-0.3, -0.25) is 0 Å². The second kappa shape index (κ2) is 20.0. The van der Waals surface area contributed by atoms with Crippen LogP contribution in [0.4, 0.5) is 0 Å². The average Bonchev–Trinajstić information content (AvgIpc) is 2.72. The van der Waals surface area contributed by atoms with Gasteiger partial charge in [0.2, 0.25) is 0 Å². The Morgan fingerprint density at radius 1 is 0.464 bits per heavy atom. The van der Waals surface area contributed by atoms with E-state index in [0.29, 0.717) is 26.4 Å². The second-order valence-electron chi connectivity index (χ2n) is 7.03. The van der Waals surface area contributed by atoms with Crippen molar-refractivity contribution in [2.75, 3.05) is 53.9 Å². The standard InChI is InChI=1S/2C10H22O4/c2*1-8(5-11)13-7-10(3)14-6-9(2)12-4/h2*8-11H,5-7H2,1-4H3. The van der Waals surface area contributed by atoms with E-state index in [1.54, 1.807) is 14.2 Å². The third kappa shape index (κ3) is 20.4. The van der Waals surface area contributed by atoms with E-state index >= 15 is 0 Å². The van der Waals surface area contributed by atoms with Gasteiger partial charge in [-0.15, -0.1) is 0 Å². The summed E-state index contributed by atoms with van der Waals surface area (Å²) >= 11 is 0. The molecule has 172 valence electrons. The lowest BCUT2D eigenvalue weighted by atomic mass is 10.4. The maximum Gasteiger partial charge on any atom is 0.0781 e. The molecule has 0 rings (SSSR count). The third-order valence-corrected chi connectivity index (χ3v) is 3.78. The fraction of sp³-hybridized carbons (Fsp3) is 1.00. The van der Waals surface area contributed by atoms with Gasteiger partial charge < -0.3 is 38.6 Å². The Labute approximate surface area is 171 Å². The van der Waals surface area contributed by atoms with Gasteiger partial charge >= 0.3 is 0 Å². The molecule has 0 amide bonds. The van der Waals surface area contributed by atoms with Crippen molar-refractivity contribution in [1.29, 1.82) is 0 Å².